The maximum absolute atomic E-state index is 5.17. The number of aromatic nitrogens is 1. The van der Waals surface area contributed by atoms with E-state index in [9.17, 15) is 0 Å². The summed E-state index contributed by atoms with van der Waals surface area (Å²) in [5.74, 6) is 0. The Bertz CT molecular complexity index is 1180. The van der Waals surface area contributed by atoms with Crippen LogP contribution >= 0.6 is 0 Å². The minimum Gasteiger partial charge on any atom is -0.414 e. The predicted molar refractivity (Wildman–Crippen MR) is 169 cm³/mol. The van der Waals surface area contributed by atoms with E-state index in [1.54, 1.807) is 6.08 Å². The Labute approximate surface area is 249 Å². The van der Waals surface area contributed by atoms with E-state index in [4.69, 9.17) is 19.4 Å². The molecule has 0 aliphatic heterocycles. The zero-order valence-electron chi connectivity index (χ0n) is 25.6. The molecule has 3 aromatic rings. The van der Waals surface area contributed by atoms with Gasteiger partial charge in [0.15, 0.2) is 0 Å². The topological polar surface area (TPSA) is 46.8 Å². The molecule has 0 aliphatic carbocycles. The molecule has 0 atom stereocenters. The van der Waals surface area contributed by atoms with Crippen molar-refractivity contribution in [1.29, 1.82) is 0 Å². The van der Waals surface area contributed by atoms with E-state index in [0.29, 0.717) is 6.61 Å². The number of pyridine rings is 1. The monoisotopic (exact) mass is 586 g/mol. The number of benzene rings is 2. The molecule has 212 valence electrons. The van der Waals surface area contributed by atoms with Gasteiger partial charge in [-0.05, 0) is 103 Å². The zero-order valence-corrected chi connectivity index (χ0v) is 27.7. The van der Waals surface area contributed by atoms with Crippen molar-refractivity contribution in [3.05, 3.63) is 107 Å². The smallest absolute Gasteiger partial charge is 0.205 e. The number of hydrogen-bond donors (Lipinski definition) is 0. The molecule has 39 heavy (non-hydrogen) atoms. The Hall–Kier alpha value is -2.65. The van der Waals surface area contributed by atoms with Gasteiger partial charge in [0.1, 0.15) is 0 Å². The molecule has 0 saturated heterocycles. The van der Waals surface area contributed by atoms with Gasteiger partial charge in [0.05, 0.1) is 40.8 Å². The van der Waals surface area contributed by atoms with Crippen molar-refractivity contribution in [1.82, 2.24) is 4.98 Å². The molecule has 0 saturated carbocycles. The van der Waals surface area contributed by atoms with Crippen molar-refractivity contribution in [3.8, 4) is 0 Å². The third-order valence-corrected chi connectivity index (χ3v) is 6.55. The average Bonchev–Trinajstić information content (AvgIpc) is 2.82. The van der Waals surface area contributed by atoms with Crippen molar-refractivity contribution in [2.45, 2.75) is 68.5 Å². The molecular formula is C33H45CoN3OSi-. The van der Waals surface area contributed by atoms with Crippen LogP contribution in [-0.2, 0) is 21.2 Å². The Morgan fingerprint density at radius 1 is 0.795 bits per heavy atom. The van der Waals surface area contributed by atoms with Gasteiger partial charge in [-0.1, -0.05) is 47.5 Å². The van der Waals surface area contributed by atoms with Crippen molar-refractivity contribution in [2.75, 3.05) is 6.61 Å². The van der Waals surface area contributed by atoms with Crippen LogP contribution in [0.5, 0.6) is 0 Å². The molecule has 0 spiro atoms. The Balaban J connectivity index is 0.00000142. The van der Waals surface area contributed by atoms with Crippen LogP contribution < -0.4 is 0 Å². The Morgan fingerprint density at radius 2 is 1.15 bits per heavy atom. The summed E-state index contributed by atoms with van der Waals surface area (Å²) in [4.78, 5) is 14.7. The summed E-state index contributed by atoms with van der Waals surface area (Å²) in [6.45, 7) is 25.2. The summed E-state index contributed by atoms with van der Waals surface area (Å²) in [6, 6.07) is 14.7. The SMILES string of the molecule is C=CCO[Si](C)C.CC(=Nc1c(C)cc(C)cc1C)c1cccc(C(C)=Nc2c(C)cc(C)cc2C)n1.[CH3-].[Co]. The number of hydrogen-bond acceptors (Lipinski definition) is 4. The third kappa shape index (κ3) is 11.2. The van der Waals surface area contributed by atoms with Gasteiger partial charge in [-0.15, -0.1) is 6.58 Å². The molecule has 0 aliphatic rings. The number of nitrogens with zero attached hydrogens (tertiary/aromatic N) is 3. The summed E-state index contributed by atoms with van der Waals surface area (Å²) >= 11 is 0. The second-order valence-electron chi connectivity index (χ2n) is 9.81. The summed E-state index contributed by atoms with van der Waals surface area (Å²) in [5, 5.41) is 0. The number of rotatable bonds is 7. The van der Waals surface area contributed by atoms with E-state index >= 15 is 0 Å². The largest absolute Gasteiger partial charge is 0.414 e. The first kappa shape index (κ1) is 36.4. The van der Waals surface area contributed by atoms with E-state index in [2.05, 4.69) is 85.5 Å². The fourth-order valence-electron chi connectivity index (χ4n) is 4.21. The van der Waals surface area contributed by atoms with Gasteiger partial charge >= 0.3 is 0 Å². The van der Waals surface area contributed by atoms with Crippen LogP contribution in [0.3, 0.4) is 0 Å². The summed E-state index contributed by atoms with van der Waals surface area (Å²) in [6.07, 6.45) is 1.78. The summed E-state index contributed by atoms with van der Waals surface area (Å²) in [5.41, 5.74) is 12.9. The fourth-order valence-corrected chi connectivity index (χ4v) is 4.66. The normalized spacial score (nSPS) is 11.3. The van der Waals surface area contributed by atoms with Crippen molar-refractivity contribution < 1.29 is 21.2 Å². The average molecular weight is 587 g/mol. The van der Waals surface area contributed by atoms with Gasteiger partial charge in [-0.3, -0.25) is 9.98 Å². The van der Waals surface area contributed by atoms with Gasteiger partial charge < -0.3 is 11.9 Å². The molecule has 0 N–H and O–H groups in total. The first-order valence-corrected chi connectivity index (χ1v) is 15.1. The molecule has 4 nitrogen and oxygen atoms in total. The standard InChI is InChI=1S/C27H31N3.C5H11OSi.CH3.Co/c1-16-12-18(3)26(19(4)13-16)28-22(7)24-10-9-11-25(30-24)23(8)29-27-20(5)14-17(2)15-21(27)6;1-4-5-6-7(2)3;;/h9-15H,1-8H3;4H,1,5H2,2-3H3;1H3;/q;;-1;. The van der Waals surface area contributed by atoms with Crippen molar-refractivity contribution in [2.24, 2.45) is 9.98 Å². The molecule has 2 aromatic carbocycles. The molecule has 0 amide bonds. The van der Waals surface area contributed by atoms with E-state index in [-0.39, 0.29) is 24.2 Å². The van der Waals surface area contributed by atoms with Crippen LogP contribution in [0.2, 0.25) is 13.1 Å². The van der Waals surface area contributed by atoms with Crippen molar-refractivity contribution in [3.63, 3.8) is 0 Å². The van der Waals surface area contributed by atoms with Crippen LogP contribution in [0, 0.1) is 49.0 Å². The van der Waals surface area contributed by atoms with Crippen LogP contribution in [0.25, 0.3) is 0 Å². The van der Waals surface area contributed by atoms with Gasteiger partial charge in [0.25, 0.3) is 0 Å². The van der Waals surface area contributed by atoms with Crippen LogP contribution in [-0.4, -0.2) is 32.1 Å². The first-order valence-electron chi connectivity index (χ1n) is 12.7. The van der Waals surface area contributed by atoms with Crippen LogP contribution in [0.15, 0.2) is 65.1 Å². The molecular weight excluding hydrogens is 541 g/mol. The van der Waals surface area contributed by atoms with Gasteiger partial charge in [0, 0.05) is 16.8 Å². The van der Waals surface area contributed by atoms with E-state index in [1.807, 2.05) is 32.0 Å². The molecule has 0 bridgehead atoms. The van der Waals surface area contributed by atoms with Gasteiger partial charge in [-0.25, -0.2) is 4.98 Å². The first-order chi connectivity index (χ1) is 17.4. The quantitative estimate of drug-likeness (QED) is 0.120. The molecule has 0 fully saturated rings. The molecule has 2 radical (unpaired) electrons. The maximum Gasteiger partial charge on any atom is 0.205 e. The van der Waals surface area contributed by atoms with E-state index < -0.39 is 9.04 Å². The molecule has 1 heterocycles. The Kier molecular flexibility index (Phi) is 16.0. The summed E-state index contributed by atoms with van der Waals surface area (Å²) < 4.78 is 5.17. The summed E-state index contributed by atoms with van der Waals surface area (Å²) in [7, 11) is -0.469. The molecule has 0 unspecified atom stereocenters. The van der Waals surface area contributed by atoms with Crippen LogP contribution in [0.4, 0.5) is 11.4 Å². The molecule has 1 aromatic heterocycles. The predicted octanol–water partition coefficient (Wildman–Crippen LogP) is 9.10. The minimum atomic E-state index is -0.469. The van der Waals surface area contributed by atoms with Crippen LogP contribution in [0.1, 0.15) is 58.6 Å². The fraction of sp³-hybridized carbons (Fsp3) is 0.333. The molecule has 3 rings (SSSR count). The van der Waals surface area contributed by atoms with E-state index in [1.165, 1.54) is 33.4 Å². The minimum absolute atomic E-state index is 0. The van der Waals surface area contributed by atoms with E-state index in [0.717, 1.165) is 34.2 Å². The van der Waals surface area contributed by atoms with Crippen molar-refractivity contribution >= 4 is 31.8 Å². The maximum atomic E-state index is 5.17. The van der Waals surface area contributed by atoms with Gasteiger partial charge in [-0.2, -0.15) is 0 Å². The third-order valence-electron chi connectivity index (χ3n) is 5.81. The second kappa shape index (κ2) is 17.1. The van der Waals surface area contributed by atoms with Gasteiger partial charge in [0.2, 0.25) is 9.04 Å². The second-order valence-corrected chi connectivity index (χ2v) is 11.9. The zero-order chi connectivity index (χ0) is 27.7. The number of aryl methyl sites for hydroxylation is 6. The molecule has 6 heteroatoms. The number of aliphatic imine (C=N–C) groups is 2. The Morgan fingerprint density at radius 3 is 1.44 bits per heavy atom.